The standard InChI is InChI=1S/C15H22N2/c1-12-7-6-10-14(11-12)15(17-16)13-8-4-2-3-5-9-13/h6-8,10-11,15,17H,2-5,9,16H2,1H3. The maximum absolute atomic E-state index is 5.75. The average Bonchev–Trinajstić information content (AvgIpc) is 2.59. The Morgan fingerprint density at radius 2 is 2.12 bits per heavy atom. The number of nitrogens with two attached hydrogens (primary N) is 1. The number of aryl methyl sites for hydroxylation is 1. The van der Waals surface area contributed by atoms with Crippen LogP contribution >= 0.6 is 0 Å². The average molecular weight is 230 g/mol. The van der Waals surface area contributed by atoms with Crippen LogP contribution in [0.5, 0.6) is 0 Å². The third kappa shape index (κ3) is 3.18. The summed E-state index contributed by atoms with van der Waals surface area (Å²) in [6.07, 6.45) is 8.68. The van der Waals surface area contributed by atoms with Gasteiger partial charge in [-0.3, -0.25) is 5.84 Å². The van der Waals surface area contributed by atoms with Crippen molar-refractivity contribution in [3.8, 4) is 0 Å². The number of rotatable bonds is 3. The molecule has 0 aromatic heterocycles. The fourth-order valence-electron chi connectivity index (χ4n) is 2.57. The van der Waals surface area contributed by atoms with Gasteiger partial charge in [0.1, 0.15) is 0 Å². The molecule has 1 aliphatic rings. The number of hydrazine groups is 1. The van der Waals surface area contributed by atoms with Crippen molar-refractivity contribution in [2.45, 2.75) is 45.1 Å². The van der Waals surface area contributed by atoms with Gasteiger partial charge in [-0.15, -0.1) is 0 Å². The van der Waals surface area contributed by atoms with Crippen LogP contribution in [0.4, 0.5) is 0 Å². The molecule has 0 bridgehead atoms. The van der Waals surface area contributed by atoms with Crippen LogP contribution in [0.15, 0.2) is 35.9 Å². The second kappa shape index (κ2) is 5.99. The van der Waals surface area contributed by atoms with Crippen molar-refractivity contribution in [3.05, 3.63) is 47.0 Å². The molecule has 1 aromatic rings. The van der Waals surface area contributed by atoms with Crippen LogP contribution in [0.25, 0.3) is 0 Å². The van der Waals surface area contributed by atoms with E-state index in [2.05, 4.69) is 42.7 Å². The smallest absolute Gasteiger partial charge is 0.0670 e. The lowest BCUT2D eigenvalue weighted by atomic mass is 9.95. The Morgan fingerprint density at radius 3 is 2.88 bits per heavy atom. The first-order valence-corrected chi connectivity index (χ1v) is 6.53. The highest BCUT2D eigenvalue weighted by atomic mass is 15.2. The lowest BCUT2D eigenvalue weighted by Crippen LogP contribution is -2.29. The van der Waals surface area contributed by atoms with E-state index in [9.17, 15) is 0 Å². The van der Waals surface area contributed by atoms with E-state index in [1.807, 2.05) is 0 Å². The van der Waals surface area contributed by atoms with Crippen molar-refractivity contribution in [2.24, 2.45) is 5.84 Å². The fourth-order valence-corrected chi connectivity index (χ4v) is 2.57. The molecular formula is C15H22N2. The van der Waals surface area contributed by atoms with Gasteiger partial charge in [-0.2, -0.15) is 0 Å². The number of hydrogen-bond acceptors (Lipinski definition) is 2. The topological polar surface area (TPSA) is 38.0 Å². The highest BCUT2D eigenvalue weighted by Crippen LogP contribution is 2.28. The molecular weight excluding hydrogens is 208 g/mol. The molecule has 92 valence electrons. The summed E-state index contributed by atoms with van der Waals surface area (Å²) in [6, 6.07) is 8.79. The third-order valence-corrected chi connectivity index (χ3v) is 3.49. The molecule has 0 aliphatic heterocycles. The van der Waals surface area contributed by atoms with E-state index in [1.54, 1.807) is 0 Å². The van der Waals surface area contributed by atoms with E-state index in [1.165, 1.54) is 48.8 Å². The van der Waals surface area contributed by atoms with E-state index in [-0.39, 0.29) is 6.04 Å². The van der Waals surface area contributed by atoms with Gasteiger partial charge in [-0.25, -0.2) is 5.43 Å². The molecule has 2 rings (SSSR count). The molecule has 1 aliphatic carbocycles. The summed E-state index contributed by atoms with van der Waals surface area (Å²) in [5.41, 5.74) is 7.00. The Bertz CT molecular complexity index is 396. The van der Waals surface area contributed by atoms with Crippen LogP contribution in [-0.2, 0) is 0 Å². The second-order valence-corrected chi connectivity index (χ2v) is 4.89. The summed E-state index contributed by atoms with van der Waals surface area (Å²) in [7, 11) is 0. The third-order valence-electron chi connectivity index (χ3n) is 3.49. The first kappa shape index (κ1) is 12.3. The number of nitrogens with one attached hydrogen (secondary N) is 1. The molecule has 0 saturated carbocycles. The van der Waals surface area contributed by atoms with Crippen molar-refractivity contribution in [1.82, 2.24) is 5.43 Å². The molecule has 0 spiro atoms. The summed E-state index contributed by atoms with van der Waals surface area (Å²) in [4.78, 5) is 0. The fraction of sp³-hybridized carbons (Fsp3) is 0.467. The summed E-state index contributed by atoms with van der Waals surface area (Å²) < 4.78 is 0. The van der Waals surface area contributed by atoms with Crippen LogP contribution in [0.3, 0.4) is 0 Å². The highest BCUT2D eigenvalue weighted by molar-refractivity contribution is 5.31. The van der Waals surface area contributed by atoms with Crippen LogP contribution in [0, 0.1) is 6.92 Å². The lowest BCUT2D eigenvalue weighted by molar-refractivity contribution is 0.592. The van der Waals surface area contributed by atoms with Gasteiger partial charge in [-0.1, -0.05) is 47.9 Å². The van der Waals surface area contributed by atoms with E-state index < -0.39 is 0 Å². The molecule has 2 heteroatoms. The molecule has 3 N–H and O–H groups in total. The van der Waals surface area contributed by atoms with Crippen LogP contribution in [-0.4, -0.2) is 0 Å². The van der Waals surface area contributed by atoms with Gasteiger partial charge in [0.25, 0.3) is 0 Å². The van der Waals surface area contributed by atoms with E-state index in [0.29, 0.717) is 0 Å². The molecule has 0 amide bonds. The Labute approximate surface area is 104 Å². The van der Waals surface area contributed by atoms with Crippen molar-refractivity contribution < 1.29 is 0 Å². The summed E-state index contributed by atoms with van der Waals surface area (Å²) in [6.45, 7) is 2.12. The first-order valence-electron chi connectivity index (χ1n) is 6.53. The van der Waals surface area contributed by atoms with Gasteiger partial charge in [0.05, 0.1) is 6.04 Å². The largest absolute Gasteiger partial charge is 0.271 e. The molecule has 0 fully saturated rings. The molecule has 0 heterocycles. The normalized spacial score (nSPS) is 18.4. The molecule has 0 saturated heterocycles. The van der Waals surface area contributed by atoms with Gasteiger partial charge in [0.2, 0.25) is 0 Å². The quantitative estimate of drug-likeness (QED) is 0.474. The molecule has 0 radical (unpaired) electrons. The van der Waals surface area contributed by atoms with E-state index in [4.69, 9.17) is 5.84 Å². The maximum atomic E-state index is 5.75. The number of allylic oxidation sites excluding steroid dienone is 1. The lowest BCUT2D eigenvalue weighted by Gasteiger charge is -2.20. The van der Waals surface area contributed by atoms with Gasteiger partial charge < -0.3 is 0 Å². The monoisotopic (exact) mass is 230 g/mol. The predicted molar refractivity (Wildman–Crippen MR) is 72.4 cm³/mol. The minimum absolute atomic E-state index is 0.188. The Morgan fingerprint density at radius 1 is 1.24 bits per heavy atom. The SMILES string of the molecule is Cc1cccc(C(NN)C2=CCCCCC2)c1. The molecule has 1 aromatic carbocycles. The van der Waals surface area contributed by atoms with Gasteiger partial charge in [-0.05, 0) is 38.2 Å². The van der Waals surface area contributed by atoms with Crippen molar-refractivity contribution in [3.63, 3.8) is 0 Å². The van der Waals surface area contributed by atoms with E-state index in [0.717, 1.165) is 0 Å². The minimum atomic E-state index is 0.188. The Hall–Kier alpha value is -1.12. The van der Waals surface area contributed by atoms with E-state index >= 15 is 0 Å². The summed E-state index contributed by atoms with van der Waals surface area (Å²) in [5, 5.41) is 0. The van der Waals surface area contributed by atoms with Gasteiger partial charge in [0, 0.05) is 0 Å². The van der Waals surface area contributed by atoms with Gasteiger partial charge in [0.15, 0.2) is 0 Å². The van der Waals surface area contributed by atoms with Crippen molar-refractivity contribution >= 4 is 0 Å². The number of hydrogen-bond donors (Lipinski definition) is 2. The molecule has 1 unspecified atom stereocenters. The zero-order chi connectivity index (χ0) is 12.1. The minimum Gasteiger partial charge on any atom is -0.271 e. The molecule has 17 heavy (non-hydrogen) atoms. The first-order chi connectivity index (χ1) is 8.31. The summed E-state index contributed by atoms with van der Waals surface area (Å²) in [5.74, 6) is 5.75. The van der Waals surface area contributed by atoms with Crippen molar-refractivity contribution in [2.75, 3.05) is 0 Å². The predicted octanol–water partition coefficient (Wildman–Crippen LogP) is 3.39. The molecule has 1 atom stereocenters. The Balaban J connectivity index is 2.23. The van der Waals surface area contributed by atoms with Crippen LogP contribution in [0.1, 0.15) is 49.3 Å². The zero-order valence-electron chi connectivity index (χ0n) is 10.6. The maximum Gasteiger partial charge on any atom is 0.0670 e. The van der Waals surface area contributed by atoms with Crippen molar-refractivity contribution in [1.29, 1.82) is 0 Å². The summed E-state index contributed by atoms with van der Waals surface area (Å²) >= 11 is 0. The second-order valence-electron chi connectivity index (χ2n) is 4.89. The molecule has 2 nitrogen and oxygen atoms in total. The van der Waals surface area contributed by atoms with Gasteiger partial charge >= 0.3 is 0 Å². The van der Waals surface area contributed by atoms with Crippen LogP contribution in [0.2, 0.25) is 0 Å². The van der Waals surface area contributed by atoms with Crippen LogP contribution < -0.4 is 11.3 Å². The highest BCUT2D eigenvalue weighted by Gasteiger charge is 2.16. The number of benzene rings is 1. The Kier molecular flexibility index (Phi) is 4.35. The zero-order valence-corrected chi connectivity index (χ0v) is 10.6.